The lowest BCUT2D eigenvalue weighted by molar-refractivity contribution is -0.144. The molecule has 0 saturated heterocycles. The van der Waals surface area contributed by atoms with Crippen molar-refractivity contribution in [1.82, 2.24) is 30.2 Å². The summed E-state index contributed by atoms with van der Waals surface area (Å²) in [6, 6.07) is 14.4. The number of carboxylic acids is 1. The monoisotopic (exact) mass is 456 g/mol. The van der Waals surface area contributed by atoms with E-state index in [9.17, 15) is 23.1 Å². The third kappa shape index (κ3) is 4.47. The quantitative estimate of drug-likeness (QED) is 0.425. The van der Waals surface area contributed by atoms with Crippen molar-refractivity contribution in [3.05, 3.63) is 71.3 Å². The molecule has 0 radical (unpaired) electrons. The average Bonchev–Trinajstić information content (AvgIpc) is 3.43. The summed E-state index contributed by atoms with van der Waals surface area (Å²) in [6.45, 7) is 1.64. The third-order valence-corrected chi connectivity index (χ3v) is 5.11. The molecule has 0 saturated carbocycles. The number of aryl methyl sites for hydroxylation is 1. The number of H-pyrrole nitrogens is 1. The molecule has 2 aromatic heterocycles. The topological polar surface area (TPSA) is 110 Å². The van der Waals surface area contributed by atoms with Crippen molar-refractivity contribution < 1.29 is 23.1 Å². The number of carbonyl (C=O) groups is 1. The number of carboxylic acid groups (broad SMARTS) is 1. The minimum absolute atomic E-state index is 0.0914. The Hall–Kier alpha value is -4.02. The molecule has 0 aliphatic heterocycles. The Balaban J connectivity index is 1.71. The van der Waals surface area contributed by atoms with Gasteiger partial charge >= 0.3 is 12.1 Å². The van der Waals surface area contributed by atoms with Gasteiger partial charge in [-0.3, -0.25) is 0 Å². The number of imidazole rings is 1. The normalized spacial score (nSPS) is 11.6. The van der Waals surface area contributed by atoms with Gasteiger partial charge in [-0.2, -0.15) is 18.4 Å². The van der Waals surface area contributed by atoms with E-state index in [2.05, 4.69) is 25.6 Å². The van der Waals surface area contributed by atoms with Gasteiger partial charge in [0.05, 0.1) is 0 Å². The average molecular weight is 456 g/mol. The Morgan fingerprint density at radius 2 is 1.79 bits per heavy atom. The standard InChI is InChI=1S/C22H19F3N6O2/c1-2-5-17-26-18(21(32)33)19(22(23,24)25)31(17)12-13-8-10-14(11-9-13)15-6-3-4-7-16(15)20-27-29-30-28-20/h3-4,6-11H,2,5,12H2,1H3,(H,32,33)(H,27,28,29,30). The van der Waals surface area contributed by atoms with Crippen molar-refractivity contribution >= 4 is 5.97 Å². The summed E-state index contributed by atoms with van der Waals surface area (Å²) in [7, 11) is 0. The zero-order valence-electron chi connectivity index (χ0n) is 17.5. The molecule has 170 valence electrons. The highest BCUT2D eigenvalue weighted by molar-refractivity contribution is 5.87. The first kappa shape index (κ1) is 22.2. The predicted molar refractivity (Wildman–Crippen MR) is 112 cm³/mol. The van der Waals surface area contributed by atoms with Crippen LogP contribution in [-0.4, -0.2) is 41.3 Å². The maximum absolute atomic E-state index is 13.7. The van der Waals surface area contributed by atoms with E-state index in [0.29, 0.717) is 17.8 Å². The Bertz CT molecular complexity index is 1260. The fraction of sp³-hybridized carbons (Fsp3) is 0.227. The number of hydrogen-bond donors (Lipinski definition) is 2. The number of halogens is 3. The molecule has 0 aliphatic rings. The summed E-state index contributed by atoms with van der Waals surface area (Å²) in [5.41, 5.74) is 0.767. The van der Waals surface area contributed by atoms with Crippen LogP contribution < -0.4 is 0 Å². The van der Waals surface area contributed by atoms with Crippen LogP contribution in [0, 0.1) is 0 Å². The van der Waals surface area contributed by atoms with Gasteiger partial charge in [-0.1, -0.05) is 55.5 Å². The van der Waals surface area contributed by atoms with E-state index in [1.165, 1.54) is 0 Å². The molecule has 0 aliphatic carbocycles. The molecule has 4 rings (SSSR count). The van der Waals surface area contributed by atoms with Crippen LogP contribution in [0.4, 0.5) is 13.2 Å². The first-order valence-corrected chi connectivity index (χ1v) is 10.1. The van der Waals surface area contributed by atoms with Gasteiger partial charge in [0.15, 0.2) is 11.4 Å². The number of nitrogens with zero attached hydrogens (tertiary/aromatic N) is 5. The second-order valence-electron chi connectivity index (χ2n) is 7.34. The highest BCUT2D eigenvalue weighted by Crippen LogP contribution is 2.34. The molecule has 0 fully saturated rings. The van der Waals surface area contributed by atoms with Crippen LogP contribution in [0.3, 0.4) is 0 Å². The van der Waals surface area contributed by atoms with E-state index < -0.39 is 23.5 Å². The molecule has 0 bridgehead atoms. The number of nitrogens with one attached hydrogen (secondary N) is 1. The van der Waals surface area contributed by atoms with Gasteiger partial charge in [0.2, 0.25) is 5.82 Å². The zero-order valence-corrected chi connectivity index (χ0v) is 17.5. The summed E-state index contributed by atoms with van der Waals surface area (Å²) in [5.74, 6) is -1.19. The predicted octanol–water partition coefficient (Wildman–Crippen LogP) is 4.45. The molecular weight excluding hydrogens is 437 g/mol. The zero-order chi connectivity index (χ0) is 23.6. The molecule has 2 aromatic carbocycles. The van der Waals surface area contributed by atoms with Crippen LogP contribution in [0.25, 0.3) is 22.5 Å². The Morgan fingerprint density at radius 3 is 2.36 bits per heavy atom. The lowest BCUT2D eigenvalue weighted by atomic mass is 9.98. The minimum Gasteiger partial charge on any atom is -0.476 e. The Kier molecular flexibility index (Phi) is 5.95. The number of alkyl halides is 3. The number of aromatic carboxylic acids is 1. The molecule has 2 heterocycles. The molecule has 8 nitrogen and oxygen atoms in total. The van der Waals surface area contributed by atoms with E-state index in [-0.39, 0.29) is 18.8 Å². The SMILES string of the molecule is CCCc1nc(C(=O)O)c(C(F)(F)F)n1Cc1ccc(-c2ccccc2-c2nn[nH]n2)cc1. The summed E-state index contributed by atoms with van der Waals surface area (Å²) in [4.78, 5) is 15.2. The molecule has 0 spiro atoms. The first-order valence-electron chi connectivity index (χ1n) is 10.1. The van der Waals surface area contributed by atoms with Gasteiger partial charge in [-0.05, 0) is 28.3 Å². The van der Waals surface area contributed by atoms with Crippen LogP contribution in [0.15, 0.2) is 48.5 Å². The summed E-state index contributed by atoms with van der Waals surface area (Å²) in [6.07, 6.45) is -4.10. The molecule has 0 atom stereocenters. The third-order valence-electron chi connectivity index (χ3n) is 5.11. The van der Waals surface area contributed by atoms with Gasteiger partial charge in [-0.15, -0.1) is 10.2 Å². The van der Waals surface area contributed by atoms with Crippen LogP contribution in [0.5, 0.6) is 0 Å². The van der Waals surface area contributed by atoms with E-state index in [4.69, 9.17) is 0 Å². The molecule has 33 heavy (non-hydrogen) atoms. The number of rotatable bonds is 7. The van der Waals surface area contributed by atoms with Gasteiger partial charge in [0.1, 0.15) is 5.82 Å². The van der Waals surface area contributed by atoms with Crippen molar-refractivity contribution in [1.29, 1.82) is 0 Å². The number of hydrogen-bond acceptors (Lipinski definition) is 5. The number of aromatic nitrogens is 6. The maximum atomic E-state index is 13.7. The molecule has 4 aromatic rings. The van der Waals surface area contributed by atoms with Gasteiger partial charge in [0.25, 0.3) is 0 Å². The summed E-state index contributed by atoms with van der Waals surface area (Å²) >= 11 is 0. The van der Waals surface area contributed by atoms with E-state index in [1.807, 2.05) is 24.3 Å². The number of aromatic amines is 1. The summed E-state index contributed by atoms with van der Waals surface area (Å²) in [5, 5.41) is 23.3. The van der Waals surface area contributed by atoms with Crippen molar-refractivity contribution in [3.8, 4) is 22.5 Å². The largest absolute Gasteiger partial charge is 0.476 e. The van der Waals surface area contributed by atoms with Crippen LogP contribution >= 0.6 is 0 Å². The highest BCUT2D eigenvalue weighted by atomic mass is 19.4. The number of tetrazole rings is 1. The van der Waals surface area contributed by atoms with Crippen molar-refractivity contribution in [2.45, 2.75) is 32.5 Å². The fourth-order valence-electron chi connectivity index (χ4n) is 3.70. The van der Waals surface area contributed by atoms with E-state index in [1.54, 1.807) is 31.2 Å². The molecule has 0 amide bonds. The van der Waals surface area contributed by atoms with E-state index >= 15 is 0 Å². The molecule has 2 N–H and O–H groups in total. The molecule has 0 unspecified atom stereocenters. The van der Waals surface area contributed by atoms with Gasteiger partial charge in [-0.25, -0.2) is 9.78 Å². The van der Waals surface area contributed by atoms with E-state index in [0.717, 1.165) is 21.3 Å². The van der Waals surface area contributed by atoms with Crippen molar-refractivity contribution in [2.24, 2.45) is 0 Å². The van der Waals surface area contributed by atoms with Crippen molar-refractivity contribution in [2.75, 3.05) is 0 Å². The highest BCUT2D eigenvalue weighted by Gasteiger charge is 2.41. The van der Waals surface area contributed by atoms with Gasteiger partial charge in [0, 0.05) is 18.5 Å². The van der Waals surface area contributed by atoms with Crippen molar-refractivity contribution in [3.63, 3.8) is 0 Å². The minimum atomic E-state index is -4.85. The Morgan fingerprint density at radius 1 is 1.09 bits per heavy atom. The lowest BCUT2D eigenvalue weighted by Gasteiger charge is -2.15. The lowest BCUT2D eigenvalue weighted by Crippen LogP contribution is -2.19. The van der Waals surface area contributed by atoms with Gasteiger partial charge < -0.3 is 9.67 Å². The number of benzene rings is 2. The second kappa shape index (κ2) is 8.85. The second-order valence-corrected chi connectivity index (χ2v) is 7.34. The molecular formula is C22H19F3N6O2. The van der Waals surface area contributed by atoms with Crippen LogP contribution in [0.1, 0.15) is 40.9 Å². The van der Waals surface area contributed by atoms with Crippen LogP contribution in [-0.2, 0) is 19.1 Å². The maximum Gasteiger partial charge on any atom is 0.433 e. The first-order chi connectivity index (χ1) is 15.8. The molecule has 11 heteroatoms. The smallest absolute Gasteiger partial charge is 0.433 e. The Labute approximate surface area is 186 Å². The summed E-state index contributed by atoms with van der Waals surface area (Å²) < 4.78 is 42.2. The van der Waals surface area contributed by atoms with Crippen LogP contribution in [0.2, 0.25) is 0 Å². The fourth-order valence-corrected chi connectivity index (χ4v) is 3.70.